The van der Waals surface area contributed by atoms with Crippen molar-refractivity contribution in [3.63, 3.8) is 0 Å². The lowest BCUT2D eigenvalue weighted by atomic mass is 10.2. The van der Waals surface area contributed by atoms with Crippen LogP contribution in [0.4, 0.5) is 0 Å². The van der Waals surface area contributed by atoms with Gasteiger partial charge in [-0.2, -0.15) is 0 Å². The summed E-state index contributed by atoms with van der Waals surface area (Å²) in [5.74, 6) is -0.0355. The highest BCUT2D eigenvalue weighted by atomic mass is 16.3. The van der Waals surface area contributed by atoms with E-state index in [0.29, 0.717) is 19.0 Å². The minimum absolute atomic E-state index is 0.120. The number of benzene rings is 1. The van der Waals surface area contributed by atoms with Crippen LogP contribution in [-0.2, 0) is 11.3 Å². The maximum absolute atomic E-state index is 12.5. The molecule has 0 saturated carbocycles. The Morgan fingerprint density at radius 2 is 1.96 bits per heavy atom. The first-order valence-corrected chi connectivity index (χ1v) is 8.88. The van der Waals surface area contributed by atoms with E-state index in [2.05, 4.69) is 10.3 Å². The second kappa shape index (κ2) is 10.2. The molecule has 0 saturated heterocycles. The molecule has 0 aliphatic carbocycles. The molecular formula is C20H25N3O3. The Bertz CT molecular complexity index is 738. The zero-order valence-corrected chi connectivity index (χ0v) is 15.3. The van der Waals surface area contributed by atoms with Crippen molar-refractivity contribution in [2.24, 2.45) is 0 Å². The highest BCUT2D eigenvalue weighted by molar-refractivity contribution is 5.92. The Labute approximate surface area is 153 Å². The van der Waals surface area contributed by atoms with E-state index in [1.54, 1.807) is 17.1 Å². The van der Waals surface area contributed by atoms with E-state index in [-0.39, 0.29) is 24.1 Å². The van der Waals surface area contributed by atoms with Gasteiger partial charge in [0, 0.05) is 19.2 Å². The number of rotatable bonds is 9. The fourth-order valence-electron chi connectivity index (χ4n) is 2.35. The largest absolute Gasteiger partial charge is 0.446 e. The molecule has 138 valence electrons. The smallest absolute Gasteiger partial charge is 0.273 e. The molecule has 0 aliphatic heterocycles. The number of nitrogens with zero attached hydrogens (tertiary/aromatic N) is 2. The number of carbonyl (C=O) groups excluding carboxylic acids is 2. The fraction of sp³-hybridized carbons (Fsp3) is 0.350. The van der Waals surface area contributed by atoms with Crippen LogP contribution in [0.2, 0.25) is 0 Å². The van der Waals surface area contributed by atoms with Crippen LogP contribution >= 0.6 is 0 Å². The van der Waals surface area contributed by atoms with E-state index in [9.17, 15) is 9.59 Å². The van der Waals surface area contributed by atoms with Gasteiger partial charge in [0.05, 0.1) is 6.54 Å². The Hall–Kier alpha value is -2.89. The van der Waals surface area contributed by atoms with Crippen molar-refractivity contribution < 1.29 is 14.0 Å². The van der Waals surface area contributed by atoms with Gasteiger partial charge in [-0.1, -0.05) is 44.2 Å². The molecule has 0 fully saturated rings. The van der Waals surface area contributed by atoms with E-state index < -0.39 is 0 Å². The molecule has 6 nitrogen and oxygen atoms in total. The van der Waals surface area contributed by atoms with E-state index in [4.69, 9.17) is 4.42 Å². The van der Waals surface area contributed by atoms with Crippen LogP contribution in [0.15, 0.2) is 47.1 Å². The highest BCUT2D eigenvalue weighted by Crippen LogP contribution is 2.09. The molecule has 26 heavy (non-hydrogen) atoms. The molecule has 2 aromatic rings. The third-order valence-electron chi connectivity index (χ3n) is 3.67. The topological polar surface area (TPSA) is 75.4 Å². The van der Waals surface area contributed by atoms with Crippen LogP contribution in [0.3, 0.4) is 0 Å². The molecule has 0 atom stereocenters. The Kier molecular flexibility index (Phi) is 7.61. The SMILES string of the molecule is CCCNC(=O)c1coc(CN(CCC)C(=O)C=Cc2ccccc2)n1. The second-order valence-electron chi connectivity index (χ2n) is 5.89. The van der Waals surface area contributed by atoms with Gasteiger partial charge in [-0.25, -0.2) is 4.98 Å². The zero-order valence-electron chi connectivity index (χ0n) is 15.3. The Morgan fingerprint density at radius 1 is 1.19 bits per heavy atom. The summed E-state index contributed by atoms with van der Waals surface area (Å²) in [6, 6.07) is 9.64. The number of oxazole rings is 1. The van der Waals surface area contributed by atoms with E-state index in [0.717, 1.165) is 18.4 Å². The van der Waals surface area contributed by atoms with Gasteiger partial charge in [-0.3, -0.25) is 9.59 Å². The molecule has 0 aliphatic rings. The maximum Gasteiger partial charge on any atom is 0.273 e. The zero-order chi connectivity index (χ0) is 18.8. The molecule has 0 spiro atoms. The van der Waals surface area contributed by atoms with Crippen LogP contribution in [0, 0.1) is 0 Å². The van der Waals surface area contributed by atoms with Crippen molar-refractivity contribution >= 4 is 17.9 Å². The average molecular weight is 355 g/mol. The molecule has 0 radical (unpaired) electrons. The quantitative estimate of drug-likeness (QED) is 0.701. The molecule has 6 heteroatoms. The normalized spacial score (nSPS) is 10.8. The van der Waals surface area contributed by atoms with Gasteiger partial charge in [-0.15, -0.1) is 0 Å². The van der Waals surface area contributed by atoms with Crippen LogP contribution in [0.5, 0.6) is 0 Å². The van der Waals surface area contributed by atoms with Gasteiger partial charge in [0.15, 0.2) is 5.69 Å². The molecule has 1 N–H and O–H groups in total. The van der Waals surface area contributed by atoms with E-state index in [1.165, 1.54) is 6.26 Å². The van der Waals surface area contributed by atoms with Gasteiger partial charge in [0.2, 0.25) is 11.8 Å². The van der Waals surface area contributed by atoms with Crippen LogP contribution in [-0.4, -0.2) is 34.8 Å². The van der Waals surface area contributed by atoms with E-state index >= 15 is 0 Å². The lowest BCUT2D eigenvalue weighted by Crippen LogP contribution is -2.30. The van der Waals surface area contributed by atoms with Crippen molar-refractivity contribution in [3.05, 3.63) is 59.8 Å². The van der Waals surface area contributed by atoms with Crippen LogP contribution in [0.1, 0.15) is 48.6 Å². The molecule has 1 heterocycles. The van der Waals surface area contributed by atoms with Gasteiger partial charge in [0.1, 0.15) is 6.26 Å². The Morgan fingerprint density at radius 3 is 2.65 bits per heavy atom. The first kappa shape index (κ1) is 19.4. The number of nitrogens with one attached hydrogen (secondary N) is 1. The molecule has 0 unspecified atom stereocenters. The summed E-state index contributed by atoms with van der Waals surface area (Å²) in [5, 5.41) is 2.75. The first-order valence-electron chi connectivity index (χ1n) is 8.88. The summed E-state index contributed by atoms with van der Waals surface area (Å²) >= 11 is 0. The summed E-state index contributed by atoms with van der Waals surface area (Å²) in [4.78, 5) is 30.2. The monoisotopic (exact) mass is 355 g/mol. The molecule has 0 bridgehead atoms. The fourth-order valence-corrected chi connectivity index (χ4v) is 2.35. The summed E-state index contributed by atoms with van der Waals surface area (Å²) in [7, 11) is 0. The molecule has 1 aromatic heterocycles. The van der Waals surface area contributed by atoms with Crippen molar-refractivity contribution in [1.29, 1.82) is 0 Å². The maximum atomic E-state index is 12.5. The summed E-state index contributed by atoms with van der Waals surface area (Å²) in [5.41, 5.74) is 1.19. The van der Waals surface area contributed by atoms with Gasteiger partial charge in [-0.05, 0) is 24.5 Å². The third-order valence-corrected chi connectivity index (χ3v) is 3.67. The second-order valence-corrected chi connectivity index (χ2v) is 5.89. The highest BCUT2D eigenvalue weighted by Gasteiger charge is 2.16. The number of hydrogen-bond donors (Lipinski definition) is 1. The van der Waals surface area contributed by atoms with Crippen molar-refractivity contribution in [2.75, 3.05) is 13.1 Å². The predicted octanol–water partition coefficient (Wildman–Crippen LogP) is 3.27. The van der Waals surface area contributed by atoms with Gasteiger partial charge >= 0.3 is 0 Å². The standard InChI is InChI=1S/C20H25N3O3/c1-3-12-21-20(25)17-15-26-18(22-17)14-23(13-4-2)19(24)11-10-16-8-6-5-7-9-16/h5-11,15H,3-4,12-14H2,1-2H3,(H,21,25). The molecule has 2 rings (SSSR count). The first-order chi connectivity index (χ1) is 12.6. The minimum atomic E-state index is -0.265. The summed E-state index contributed by atoms with van der Waals surface area (Å²) in [6.45, 7) is 5.38. The Balaban J connectivity index is 2.01. The molecule has 1 aromatic carbocycles. The van der Waals surface area contributed by atoms with Crippen LogP contribution in [0.25, 0.3) is 6.08 Å². The van der Waals surface area contributed by atoms with Crippen molar-refractivity contribution in [3.8, 4) is 0 Å². The lowest BCUT2D eigenvalue weighted by molar-refractivity contribution is -0.126. The predicted molar refractivity (Wildman–Crippen MR) is 100 cm³/mol. The van der Waals surface area contributed by atoms with Crippen molar-refractivity contribution in [1.82, 2.24) is 15.2 Å². The lowest BCUT2D eigenvalue weighted by Gasteiger charge is -2.18. The average Bonchev–Trinajstić information content (AvgIpc) is 3.13. The number of amides is 2. The number of carbonyl (C=O) groups is 2. The third kappa shape index (κ3) is 5.88. The summed E-state index contributed by atoms with van der Waals surface area (Å²) in [6.07, 6.45) is 6.32. The summed E-state index contributed by atoms with van der Waals surface area (Å²) < 4.78 is 5.37. The van der Waals surface area contributed by atoms with E-state index in [1.807, 2.05) is 44.2 Å². The van der Waals surface area contributed by atoms with Gasteiger partial charge < -0.3 is 14.6 Å². The van der Waals surface area contributed by atoms with Crippen LogP contribution < -0.4 is 5.32 Å². The number of aromatic nitrogens is 1. The molecular weight excluding hydrogens is 330 g/mol. The minimum Gasteiger partial charge on any atom is -0.446 e. The number of hydrogen-bond acceptors (Lipinski definition) is 4. The van der Waals surface area contributed by atoms with Crippen molar-refractivity contribution in [2.45, 2.75) is 33.2 Å². The molecule has 2 amide bonds. The van der Waals surface area contributed by atoms with Gasteiger partial charge in [0.25, 0.3) is 5.91 Å².